The van der Waals surface area contributed by atoms with Crippen LogP contribution in [0.15, 0.2) is 24.3 Å². The molecule has 1 aromatic carbocycles. The number of rotatable bonds is 5. The lowest BCUT2D eigenvalue weighted by Gasteiger charge is -2.29. The van der Waals surface area contributed by atoms with E-state index in [0.717, 1.165) is 24.0 Å². The largest absolute Gasteiger partial charge is 0.392 e. The third-order valence-electron chi connectivity index (χ3n) is 4.01. The molecule has 3 nitrogen and oxygen atoms in total. The zero-order valence-corrected chi connectivity index (χ0v) is 12.8. The summed E-state index contributed by atoms with van der Waals surface area (Å²) in [6, 6.07) is 8.33. The Morgan fingerprint density at radius 3 is 2.60 bits per heavy atom. The number of aryl methyl sites for hydroxylation is 1. The molecule has 0 atom stereocenters. The zero-order chi connectivity index (χ0) is 14.5. The van der Waals surface area contributed by atoms with Crippen molar-refractivity contribution in [2.75, 3.05) is 6.54 Å². The number of nitrogens with two attached hydrogens (primary N) is 1. The minimum atomic E-state index is 0.138. The van der Waals surface area contributed by atoms with E-state index in [-0.39, 0.29) is 5.91 Å². The quantitative estimate of drug-likeness (QED) is 0.848. The second-order valence-electron chi connectivity index (χ2n) is 5.53. The van der Waals surface area contributed by atoms with Gasteiger partial charge in [-0.05, 0) is 30.9 Å². The summed E-state index contributed by atoms with van der Waals surface area (Å²) in [6.45, 7) is 2.45. The molecular weight excluding hydrogens is 268 g/mol. The Bertz CT molecular complexity index is 495. The van der Waals surface area contributed by atoms with Gasteiger partial charge in [0.05, 0.1) is 18.0 Å². The van der Waals surface area contributed by atoms with Gasteiger partial charge in [0.1, 0.15) is 0 Å². The molecule has 0 aliphatic heterocycles. The smallest absolute Gasteiger partial charge is 0.227 e. The highest BCUT2D eigenvalue weighted by Gasteiger charge is 2.27. The third kappa shape index (κ3) is 3.79. The van der Waals surface area contributed by atoms with E-state index < -0.39 is 0 Å². The van der Waals surface area contributed by atoms with Gasteiger partial charge >= 0.3 is 0 Å². The summed E-state index contributed by atoms with van der Waals surface area (Å²) in [7, 11) is 0. The Morgan fingerprint density at radius 2 is 2.00 bits per heavy atom. The third-order valence-corrected chi connectivity index (χ3v) is 4.14. The highest BCUT2D eigenvalue weighted by Crippen LogP contribution is 2.24. The van der Waals surface area contributed by atoms with Crippen LogP contribution in [0.5, 0.6) is 0 Å². The van der Waals surface area contributed by atoms with Crippen molar-refractivity contribution < 1.29 is 4.79 Å². The van der Waals surface area contributed by atoms with Crippen molar-refractivity contribution in [1.82, 2.24) is 4.90 Å². The van der Waals surface area contributed by atoms with Gasteiger partial charge in [0.15, 0.2) is 0 Å². The number of carbonyl (C=O) groups excluding carboxylic acids is 1. The first-order valence-electron chi connectivity index (χ1n) is 7.20. The van der Waals surface area contributed by atoms with Crippen molar-refractivity contribution in [3.8, 4) is 0 Å². The molecule has 1 aliphatic rings. The Balaban J connectivity index is 2.09. The normalized spacial score (nSPS) is 15.2. The maximum Gasteiger partial charge on any atom is 0.227 e. The number of thiocarbonyl (C=S) groups is 1. The molecule has 0 saturated heterocycles. The van der Waals surface area contributed by atoms with Crippen LogP contribution in [0.3, 0.4) is 0 Å². The molecule has 4 heteroatoms. The van der Waals surface area contributed by atoms with Crippen LogP contribution in [0.25, 0.3) is 0 Å². The van der Waals surface area contributed by atoms with Gasteiger partial charge in [-0.2, -0.15) is 0 Å². The maximum atomic E-state index is 12.6. The molecule has 2 rings (SSSR count). The SMILES string of the molecule is Cc1ccccc1CC(=O)N(CC(N)=S)C1CCCC1. The zero-order valence-electron chi connectivity index (χ0n) is 12.0. The molecule has 0 bridgehead atoms. The van der Waals surface area contributed by atoms with Gasteiger partial charge in [0.25, 0.3) is 0 Å². The van der Waals surface area contributed by atoms with E-state index in [2.05, 4.69) is 0 Å². The van der Waals surface area contributed by atoms with E-state index in [1.165, 1.54) is 12.8 Å². The molecule has 1 fully saturated rings. The number of carbonyl (C=O) groups is 1. The number of hydrogen-bond acceptors (Lipinski definition) is 2. The maximum absolute atomic E-state index is 12.6. The summed E-state index contributed by atoms with van der Waals surface area (Å²) >= 11 is 5.00. The second-order valence-corrected chi connectivity index (χ2v) is 6.05. The average molecular weight is 290 g/mol. The summed E-state index contributed by atoms with van der Waals surface area (Å²) < 4.78 is 0. The van der Waals surface area contributed by atoms with Gasteiger partial charge in [-0.3, -0.25) is 4.79 Å². The summed E-state index contributed by atoms with van der Waals surface area (Å²) in [6.07, 6.45) is 4.96. The van der Waals surface area contributed by atoms with Gasteiger partial charge < -0.3 is 10.6 Å². The summed E-state index contributed by atoms with van der Waals surface area (Å²) in [5, 5.41) is 0. The second kappa shape index (κ2) is 6.84. The lowest BCUT2D eigenvalue weighted by molar-refractivity contribution is -0.131. The lowest BCUT2D eigenvalue weighted by Crippen LogP contribution is -2.44. The molecular formula is C16H22N2OS. The minimum absolute atomic E-state index is 0.138. The van der Waals surface area contributed by atoms with E-state index in [1.54, 1.807) is 0 Å². The fraction of sp³-hybridized carbons (Fsp3) is 0.500. The van der Waals surface area contributed by atoms with Crippen molar-refractivity contribution in [2.45, 2.75) is 45.1 Å². The van der Waals surface area contributed by atoms with E-state index in [4.69, 9.17) is 18.0 Å². The molecule has 0 radical (unpaired) electrons. The summed E-state index contributed by atoms with van der Waals surface area (Å²) in [4.78, 5) is 14.9. The minimum Gasteiger partial charge on any atom is -0.392 e. The number of benzene rings is 1. The van der Waals surface area contributed by atoms with E-state index in [0.29, 0.717) is 24.0 Å². The molecule has 1 aromatic rings. The number of nitrogens with zero attached hydrogens (tertiary/aromatic N) is 1. The lowest BCUT2D eigenvalue weighted by atomic mass is 10.0. The van der Waals surface area contributed by atoms with Gasteiger partial charge in [-0.15, -0.1) is 0 Å². The molecule has 1 amide bonds. The monoisotopic (exact) mass is 290 g/mol. The first kappa shape index (κ1) is 15.0. The first-order chi connectivity index (χ1) is 9.58. The van der Waals surface area contributed by atoms with Gasteiger partial charge in [-0.25, -0.2) is 0 Å². The molecule has 0 heterocycles. The van der Waals surface area contributed by atoms with Crippen molar-refractivity contribution >= 4 is 23.1 Å². The number of hydrogen-bond donors (Lipinski definition) is 1. The van der Waals surface area contributed by atoms with Crippen molar-refractivity contribution in [2.24, 2.45) is 5.73 Å². The highest BCUT2D eigenvalue weighted by atomic mass is 32.1. The average Bonchev–Trinajstić information content (AvgIpc) is 2.92. The van der Waals surface area contributed by atoms with Crippen LogP contribution in [0.4, 0.5) is 0 Å². The Morgan fingerprint density at radius 1 is 1.35 bits per heavy atom. The fourth-order valence-corrected chi connectivity index (χ4v) is 3.02. The molecule has 108 valence electrons. The van der Waals surface area contributed by atoms with E-state index in [9.17, 15) is 4.79 Å². The Kier molecular flexibility index (Phi) is 5.12. The molecule has 1 saturated carbocycles. The van der Waals surface area contributed by atoms with Crippen molar-refractivity contribution in [1.29, 1.82) is 0 Å². The Hall–Kier alpha value is -1.42. The fourth-order valence-electron chi connectivity index (χ4n) is 2.88. The van der Waals surface area contributed by atoms with Gasteiger partial charge in [-0.1, -0.05) is 49.3 Å². The molecule has 1 aliphatic carbocycles. The molecule has 0 spiro atoms. The standard InChI is InChI=1S/C16H22N2OS/c1-12-6-2-3-7-13(12)10-16(19)18(11-15(17)20)14-8-4-5-9-14/h2-3,6-7,14H,4-5,8-11H2,1H3,(H2,17,20). The van der Waals surface area contributed by atoms with E-state index in [1.807, 2.05) is 36.1 Å². The van der Waals surface area contributed by atoms with E-state index >= 15 is 0 Å². The van der Waals surface area contributed by atoms with Crippen LogP contribution < -0.4 is 5.73 Å². The first-order valence-corrected chi connectivity index (χ1v) is 7.61. The van der Waals surface area contributed by atoms with Gasteiger partial charge in [0, 0.05) is 6.04 Å². The van der Waals surface area contributed by atoms with Crippen LogP contribution in [0.2, 0.25) is 0 Å². The molecule has 0 unspecified atom stereocenters. The summed E-state index contributed by atoms with van der Waals surface area (Å²) in [5.74, 6) is 0.138. The molecule has 20 heavy (non-hydrogen) atoms. The van der Waals surface area contributed by atoms with Gasteiger partial charge in [0.2, 0.25) is 5.91 Å². The van der Waals surface area contributed by atoms with Crippen LogP contribution >= 0.6 is 12.2 Å². The van der Waals surface area contributed by atoms with Crippen LogP contribution in [0, 0.1) is 6.92 Å². The number of amides is 1. The Labute approximate surface area is 126 Å². The topological polar surface area (TPSA) is 46.3 Å². The van der Waals surface area contributed by atoms with Crippen molar-refractivity contribution in [3.05, 3.63) is 35.4 Å². The predicted molar refractivity (Wildman–Crippen MR) is 85.6 cm³/mol. The summed E-state index contributed by atoms with van der Waals surface area (Å²) in [5.41, 5.74) is 7.90. The van der Waals surface area contributed by atoms with Crippen LogP contribution in [0.1, 0.15) is 36.8 Å². The van der Waals surface area contributed by atoms with Crippen LogP contribution in [-0.4, -0.2) is 28.4 Å². The molecule has 0 aromatic heterocycles. The molecule has 2 N–H and O–H groups in total. The van der Waals surface area contributed by atoms with Crippen LogP contribution in [-0.2, 0) is 11.2 Å². The van der Waals surface area contributed by atoms with Crippen molar-refractivity contribution in [3.63, 3.8) is 0 Å². The predicted octanol–water partition coefficient (Wildman–Crippen LogP) is 2.59. The highest BCUT2D eigenvalue weighted by molar-refractivity contribution is 7.80.